The highest BCUT2D eigenvalue weighted by atomic mass is 16.5. The highest BCUT2D eigenvalue weighted by molar-refractivity contribution is 5.78. The zero-order chi connectivity index (χ0) is 15.9. The SMILES string of the molecule is COCC(C)CNC(=O)NCC1(C(=O)O)CCC(C)CC1. The molecule has 1 atom stereocenters. The third kappa shape index (κ3) is 5.53. The molecule has 2 amide bonds. The average Bonchev–Trinajstić information content (AvgIpc) is 2.45. The molecule has 1 unspecified atom stereocenters. The van der Waals surface area contributed by atoms with Crippen LogP contribution in [0.15, 0.2) is 0 Å². The summed E-state index contributed by atoms with van der Waals surface area (Å²) in [5, 5.41) is 15.0. The number of nitrogens with one attached hydrogen (secondary N) is 2. The standard InChI is InChI=1S/C15H28N2O4/c1-11-4-6-15(7-5-11,13(18)19)10-17-14(20)16-8-12(2)9-21-3/h11-12H,4-10H2,1-3H3,(H,18,19)(H2,16,17,20). The van der Waals surface area contributed by atoms with Crippen LogP contribution in [-0.4, -0.2) is 43.9 Å². The summed E-state index contributed by atoms with van der Waals surface area (Å²) in [5.74, 6) is -0.00615. The quantitative estimate of drug-likeness (QED) is 0.669. The molecule has 0 bridgehead atoms. The van der Waals surface area contributed by atoms with E-state index < -0.39 is 11.4 Å². The van der Waals surface area contributed by atoms with Crippen LogP contribution in [0.5, 0.6) is 0 Å². The fraction of sp³-hybridized carbons (Fsp3) is 0.867. The van der Waals surface area contributed by atoms with Crippen molar-refractivity contribution in [2.45, 2.75) is 39.5 Å². The van der Waals surface area contributed by atoms with Crippen LogP contribution in [-0.2, 0) is 9.53 Å². The highest BCUT2D eigenvalue weighted by Gasteiger charge is 2.41. The molecule has 0 heterocycles. The molecule has 21 heavy (non-hydrogen) atoms. The lowest BCUT2D eigenvalue weighted by molar-refractivity contribution is -0.151. The predicted molar refractivity (Wildman–Crippen MR) is 80.1 cm³/mol. The molecule has 122 valence electrons. The van der Waals surface area contributed by atoms with Gasteiger partial charge in [0.05, 0.1) is 12.0 Å². The summed E-state index contributed by atoms with van der Waals surface area (Å²) in [4.78, 5) is 23.3. The molecule has 1 saturated carbocycles. The van der Waals surface area contributed by atoms with Gasteiger partial charge in [-0.2, -0.15) is 0 Å². The van der Waals surface area contributed by atoms with Crippen LogP contribution in [0.2, 0.25) is 0 Å². The number of carbonyl (C=O) groups is 2. The topological polar surface area (TPSA) is 87.7 Å². The Kier molecular flexibility index (Phi) is 6.95. The first kappa shape index (κ1) is 17.8. The summed E-state index contributed by atoms with van der Waals surface area (Å²) in [5.41, 5.74) is -0.804. The van der Waals surface area contributed by atoms with E-state index in [4.69, 9.17) is 4.74 Å². The van der Waals surface area contributed by atoms with Crippen LogP contribution in [0.3, 0.4) is 0 Å². The Morgan fingerprint density at radius 2 is 1.95 bits per heavy atom. The molecule has 6 heteroatoms. The third-order valence-electron chi connectivity index (χ3n) is 4.33. The van der Waals surface area contributed by atoms with Gasteiger partial charge >= 0.3 is 12.0 Å². The maximum Gasteiger partial charge on any atom is 0.314 e. The number of carboxylic acids is 1. The van der Waals surface area contributed by atoms with Gasteiger partial charge in [0, 0.05) is 20.2 Å². The van der Waals surface area contributed by atoms with Gasteiger partial charge in [-0.3, -0.25) is 4.79 Å². The molecule has 0 aromatic carbocycles. The Morgan fingerprint density at radius 1 is 1.33 bits per heavy atom. The van der Waals surface area contributed by atoms with E-state index in [0.29, 0.717) is 31.9 Å². The fourth-order valence-corrected chi connectivity index (χ4v) is 2.70. The molecule has 0 aromatic rings. The van der Waals surface area contributed by atoms with Crippen molar-refractivity contribution in [1.29, 1.82) is 0 Å². The molecule has 0 spiro atoms. The van der Waals surface area contributed by atoms with Crippen LogP contribution in [0.25, 0.3) is 0 Å². The number of amides is 2. The number of hydrogen-bond acceptors (Lipinski definition) is 3. The van der Waals surface area contributed by atoms with Crippen LogP contribution in [0.1, 0.15) is 39.5 Å². The number of carboxylic acid groups (broad SMARTS) is 1. The van der Waals surface area contributed by atoms with Crippen molar-refractivity contribution in [3.05, 3.63) is 0 Å². The number of hydrogen-bond donors (Lipinski definition) is 3. The lowest BCUT2D eigenvalue weighted by atomic mass is 9.71. The van der Waals surface area contributed by atoms with Crippen molar-refractivity contribution in [3.63, 3.8) is 0 Å². The van der Waals surface area contributed by atoms with Crippen molar-refractivity contribution in [2.24, 2.45) is 17.3 Å². The molecule has 1 aliphatic rings. The lowest BCUT2D eigenvalue weighted by Gasteiger charge is -2.35. The first-order chi connectivity index (χ1) is 9.89. The minimum atomic E-state index is -0.804. The Hall–Kier alpha value is -1.30. The monoisotopic (exact) mass is 300 g/mol. The second kappa shape index (κ2) is 8.22. The van der Waals surface area contributed by atoms with E-state index in [0.717, 1.165) is 12.8 Å². The summed E-state index contributed by atoms with van der Waals surface area (Å²) < 4.78 is 5.00. The zero-order valence-electron chi connectivity index (χ0n) is 13.3. The van der Waals surface area contributed by atoms with E-state index in [1.165, 1.54) is 0 Å². The maximum absolute atomic E-state index is 11.8. The van der Waals surface area contributed by atoms with Gasteiger partial charge in [0.15, 0.2) is 0 Å². The normalized spacial score (nSPS) is 26.9. The minimum Gasteiger partial charge on any atom is -0.481 e. The van der Waals surface area contributed by atoms with E-state index in [1.807, 2.05) is 6.92 Å². The smallest absolute Gasteiger partial charge is 0.314 e. The van der Waals surface area contributed by atoms with Crippen molar-refractivity contribution in [1.82, 2.24) is 10.6 Å². The van der Waals surface area contributed by atoms with Crippen molar-refractivity contribution < 1.29 is 19.4 Å². The summed E-state index contributed by atoms with van der Waals surface area (Å²) >= 11 is 0. The molecule has 1 rings (SSSR count). The first-order valence-corrected chi connectivity index (χ1v) is 7.63. The first-order valence-electron chi connectivity index (χ1n) is 7.63. The van der Waals surface area contributed by atoms with Crippen molar-refractivity contribution in [2.75, 3.05) is 26.8 Å². The summed E-state index contributed by atoms with van der Waals surface area (Å²) in [6.07, 6.45) is 3.06. The van der Waals surface area contributed by atoms with Crippen LogP contribution < -0.4 is 10.6 Å². The van der Waals surface area contributed by atoms with E-state index in [9.17, 15) is 14.7 Å². The average molecular weight is 300 g/mol. The van der Waals surface area contributed by atoms with Crippen molar-refractivity contribution in [3.8, 4) is 0 Å². The molecule has 0 radical (unpaired) electrons. The second-order valence-electron chi connectivity index (χ2n) is 6.39. The molecule has 0 aromatic heterocycles. The number of carbonyl (C=O) groups excluding carboxylic acids is 1. The number of urea groups is 1. The van der Waals surface area contributed by atoms with Gasteiger partial charge < -0.3 is 20.5 Å². The second-order valence-corrected chi connectivity index (χ2v) is 6.39. The largest absolute Gasteiger partial charge is 0.481 e. The molecule has 1 fully saturated rings. The summed E-state index contributed by atoms with van der Waals surface area (Å²) in [7, 11) is 1.62. The van der Waals surface area contributed by atoms with Crippen LogP contribution in [0, 0.1) is 17.3 Å². The summed E-state index contributed by atoms with van der Waals surface area (Å²) in [6, 6.07) is -0.308. The van der Waals surface area contributed by atoms with E-state index >= 15 is 0 Å². The van der Waals surface area contributed by atoms with Gasteiger partial charge in [0.2, 0.25) is 0 Å². The van der Waals surface area contributed by atoms with E-state index in [1.54, 1.807) is 7.11 Å². The van der Waals surface area contributed by atoms with Crippen molar-refractivity contribution >= 4 is 12.0 Å². The maximum atomic E-state index is 11.8. The summed E-state index contributed by atoms with van der Waals surface area (Å²) in [6.45, 7) is 5.40. The Balaban J connectivity index is 2.40. The number of aliphatic carboxylic acids is 1. The van der Waals surface area contributed by atoms with Crippen LogP contribution in [0.4, 0.5) is 4.79 Å². The molecule has 0 aliphatic heterocycles. The zero-order valence-corrected chi connectivity index (χ0v) is 13.3. The highest BCUT2D eigenvalue weighted by Crippen LogP contribution is 2.38. The fourth-order valence-electron chi connectivity index (χ4n) is 2.70. The number of ether oxygens (including phenoxy) is 1. The third-order valence-corrected chi connectivity index (χ3v) is 4.33. The van der Waals surface area contributed by atoms with Gasteiger partial charge in [-0.15, -0.1) is 0 Å². The van der Waals surface area contributed by atoms with Gasteiger partial charge in [-0.25, -0.2) is 4.79 Å². The molecule has 6 nitrogen and oxygen atoms in total. The van der Waals surface area contributed by atoms with Gasteiger partial charge in [0.25, 0.3) is 0 Å². The molecule has 3 N–H and O–H groups in total. The van der Waals surface area contributed by atoms with Gasteiger partial charge in [-0.1, -0.05) is 13.8 Å². The molecular formula is C15H28N2O4. The lowest BCUT2D eigenvalue weighted by Crippen LogP contribution is -2.48. The predicted octanol–water partition coefficient (Wildman–Crippen LogP) is 1.85. The Morgan fingerprint density at radius 3 is 2.48 bits per heavy atom. The van der Waals surface area contributed by atoms with E-state index in [-0.39, 0.29) is 18.5 Å². The van der Waals surface area contributed by atoms with Gasteiger partial charge in [-0.05, 0) is 37.5 Å². The number of rotatable bonds is 7. The Labute approximate surface area is 126 Å². The Bertz CT molecular complexity index is 352. The molecule has 0 saturated heterocycles. The molecular weight excluding hydrogens is 272 g/mol. The van der Waals surface area contributed by atoms with Crippen LogP contribution >= 0.6 is 0 Å². The number of methoxy groups -OCH3 is 1. The minimum absolute atomic E-state index is 0.194. The van der Waals surface area contributed by atoms with Gasteiger partial charge in [0.1, 0.15) is 0 Å². The molecule has 1 aliphatic carbocycles. The van der Waals surface area contributed by atoms with E-state index in [2.05, 4.69) is 17.6 Å².